The number of amides is 3. The summed E-state index contributed by atoms with van der Waals surface area (Å²) in [4.78, 5) is 35.3. The fourth-order valence-electron chi connectivity index (χ4n) is 2.10. The number of carbonyl (C=O) groups excluding carboxylic acids is 2. The van der Waals surface area contributed by atoms with Crippen LogP contribution in [0.1, 0.15) is 19.8 Å². The first-order chi connectivity index (χ1) is 9.43. The van der Waals surface area contributed by atoms with Gasteiger partial charge in [-0.3, -0.25) is 4.79 Å². The smallest absolute Gasteiger partial charge is 0.328 e. The van der Waals surface area contributed by atoms with Gasteiger partial charge in [-0.2, -0.15) is 0 Å². The molecule has 20 heavy (non-hydrogen) atoms. The highest BCUT2D eigenvalue weighted by Gasteiger charge is 2.26. The van der Waals surface area contributed by atoms with E-state index in [1.54, 1.807) is 4.90 Å². The molecule has 1 saturated heterocycles. The van der Waals surface area contributed by atoms with Gasteiger partial charge in [-0.1, -0.05) is 0 Å². The lowest BCUT2D eigenvalue weighted by Crippen LogP contribution is -2.53. The van der Waals surface area contributed by atoms with E-state index in [2.05, 4.69) is 10.6 Å². The number of nitrogens with one attached hydrogen (secondary N) is 2. The second-order valence-corrected chi connectivity index (χ2v) is 4.76. The summed E-state index contributed by atoms with van der Waals surface area (Å²) < 4.78 is 4.75. The van der Waals surface area contributed by atoms with Gasteiger partial charge in [0.2, 0.25) is 5.91 Å². The third-order valence-corrected chi connectivity index (χ3v) is 3.12. The highest BCUT2D eigenvalue weighted by Crippen LogP contribution is 2.10. The van der Waals surface area contributed by atoms with Gasteiger partial charge in [-0.05, 0) is 12.8 Å². The van der Waals surface area contributed by atoms with Crippen LogP contribution in [-0.4, -0.2) is 66.8 Å². The summed E-state index contributed by atoms with van der Waals surface area (Å²) in [6, 6.07) is -1.40. The van der Waals surface area contributed by atoms with E-state index in [0.29, 0.717) is 25.9 Å². The minimum atomic E-state index is -1.13. The van der Waals surface area contributed by atoms with Crippen molar-refractivity contribution in [1.29, 1.82) is 0 Å². The van der Waals surface area contributed by atoms with Crippen LogP contribution in [0.25, 0.3) is 0 Å². The van der Waals surface area contributed by atoms with E-state index in [1.807, 2.05) is 0 Å². The van der Waals surface area contributed by atoms with Gasteiger partial charge >= 0.3 is 12.0 Å². The lowest BCUT2D eigenvalue weighted by Gasteiger charge is -2.32. The van der Waals surface area contributed by atoms with Crippen LogP contribution in [0.4, 0.5) is 4.79 Å². The van der Waals surface area contributed by atoms with Crippen molar-refractivity contribution in [3.05, 3.63) is 0 Å². The molecule has 1 atom stereocenters. The topological polar surface area (TPSA) is 108 Å². The van der Waals surface area contributed by atoms with Gasteiger partial charge in [-0.25, -0.2) is 9.59 Å². The Morgan fingerprint density at radius 1 is 1.35 bits per heavy atom. The fourth-order valence-corrected chi connectivity index (χ4v) is 2.10. The number of urea groups is 1. The molecule has 0 radical (unpaired) electrons. The molecular formula is C12H21N3O5. The van der Waals surface area contributed by atoms with Crippen molar-refractivity contribution in [1.82, 2.24) is 15.5 Å². The number of carbonyl (C=O) groups is 3. The van der Waals surface area contributed by atoms with Gasteiger partial charge in [0.25, 0.3) is 0 Å². The third kappa shape index (κ3) is 5.04. The SMILES string of the molecule is COCC(NC(=O)N1CCC(NC(C)=O)CC1)C(=O)O. The third-order valence-electron chi connectivity index (χ3n) is 3.12. The first-order valence-corrected chi connectivity index (χ1v) is 6.48. The van der Waals surface area contributed by atoms with Crippen molar-refractivity contribution in [2.45, 2.75) is 31.8 Å². The monoisotopic (exact) mass is 287 g/mol. The molecule has 8 nitrogen and oxygen atoms in total. The predicted octanol–water partition coefficient (Wildman–Crippen LogP) is -0.604. The summed E-state index contributed by atoms with van der Waals surface area (Å²) in [5.74, 6) is -1.22. The largest absolute Gasteiger partial charge is 0.480 e. The van der Waals surface area contributed by atoms with Gasteiger partial charge in [0.05, 0.1) is 6.61 Å². The normalized spacial score (nSPS) is 17.4. The number of rotatable bonds is 5. The molecule has 0 bridgehead atoms. The lowest BCUT2D eigenvalue weighted by molar-refractivity contribution is -0.140. The van der Waals surface area contributed by atoms with Gasteiger partial charge in [0.1, 0.15) is 0 Å². The minimum Gasteiger partial charge on any atom is -0.480 e. The van der Waals surface area contributed by atoms with E-state index < -0.39 is 18.0 Å². The molecule has 1 aliphatic heterocycles. The van der Waals surface area contributed by atoms with E-state index in [1.165, 1.54) is 14.0 Å². The molecule has 1 aliphatic rings. The molecule has 3 amide bonds. The van der Waals surface area contributed by atoms with Crippen LogP contribution >= 0.6 is 0 Å². The Labute approximate surface area is 117 Å². The van der Waals surface area contributed by atoms with Gasteiger partial charge in [0, 0.05) is 33.2 Å². The van der Waals surface area contributed by atoms with Crippen LogP contribution in [0, 0.1) is 0 Å². The van der Waals surface area contributed by atoms with Crippen LogP contribution in [0.2, 0.25) is 0 Å². The average Bonchev–Trinajstić information content (AvgIpc) is 2.38. The molecule has 114 valence electrons. The van der Waals surface area contributed by atoms with E-state index in [-0.39, 0.29) is 18.6 Å². The zero-order valence-electron chi connectivity index (χ0n) is 11.7. The predicted molar refractivity (Wildman–Crippen MR) is 70.2 cm³/mol. The van der Waals surface area contributed by atoms with Crippen LogP contribution in [0.3, 0.4) is 0 Å². The zero-order valence-corrected chi connectivity index (χ0v) is 11.7. The number of hydrogen-bond donors (Lipinski definition) is 3. The molecule has 1 heterocycles. The van der Waals surface area contributed by atoms with Gasteiger partial charge < -0.3 is 25.4 Å². The molecule has 1 rings (SSSR count). The first kappa shape index (κ1) is 16.2. The van der Waals surface area contributed by atoms with Crippen LogP contribution < -0.4 is 10.6 Å². The van der Waals surface area contributed by atoms with Crippen molar-refractivity contribution in [2.75, 3.05) is 26.8 Å². The van der Waals surface area contributed by atoms with Crippen molar-refractivity contribution >= 4 is 17.9 Å². The summed E-state index contributed by atoms with van der Waals surface area (Å²) in [6.45, 7) is 2.34. The van der Waals surface area contributed by atoms with Crippen molar-refractivity contribution < 1.29 is 24.2 Å². The molecule has 0 saturated carbocycles. The Morgan fingerprint density at radius 3 is 2.40 bits per heavy atom. The Balaban J connectivity index is 2.42. The van der Waals surface area contributed by atoms with Gasteiger partial charge in [0.15, 0.2) is 6.04 Å². The Bertz CT molecular complexity index is 366. The molecule has 0 aliphatic carbocycles. The van der Waals surface area contributed by atoms with E-state index in [4.69, 9.17) is 9.84 Å². The highest BCUT2D eigenvalue weighted by atomic mass is 16.5. The molecule has 0 aromatic heterocycles. The van der Waals surface area contributed by atoms with E-state index in [0.717, 1.165) is 0 Å². The first-order valence-electron chi connectivity index (χ1n) is 6.48. The maximum absolute atomic E-state index is 11.9. The number of nitrogens with zero attached hydrogens (tertiary/aromatic N) is 1. The van der Waals surface area contributed by atoms with Crippen LogP contribution in [0.5, 0.6) is 0 Å². The maximum atomic E-state index is 11.9. The molecule has 0 aromatic rings. The quantitative estimate of drug-likeness (QED) is 0.625. The number of piperidine rings is 1. The second-order valence-electron chi connectivity index (χ2n) is 4.76. The average molecular weight is 287 g/mol. The Hall–Kier alpha value is -1.83. The molecule has 1 unspecified atom stereocenters. The number of methoxy groups -OCH3 is 1. The summed E-state index contributed by atoms with van der Waals surface area (Å²) in [7, 11) is 1.38. The fraction of sp³-hybridized carbons (Fsp3) is 0.750. The molecular weight excluding hydrogens is 266 g/mol. The van der Waals surface area contributed by atoms with Crippen molar-refractivity contribution in [3.8, 4) is 0 Å². The highest BCUT2D eigenvalue weighted by molar-refractivity contribution is 5.82. The molecule has 0 aromatic carbocycles. The number of ether oxygens (including phenoxy) is 1. The summed E-state index contributed by atoms with van der Waals surface area (Å²) in [5, 5.41) is 14.2. The number of hydrogen-bond acceptors (Lipinski definition) is 4. The van der Waals surface area contributed by atoms with Crippen molar-refractivity contribution in [2.24, 2.45) is 0 Å². The second kappa shape index (κ2) is 7.68. The summed E-state index contributed by atoms with van der Waals surface area (Å²) in [6.07, 6.45) is 1.32. The standard InChI is InChI=1S/C12H21N3O5/c1-8(16)13-9-3-5-15(6-4-9)12(19)14-10(7-20-2)11(17)18/h9-10H,3-7H2,1-2H3,(H,13,16)(H,14,19)(H,17,18). The van der Waals surface area contributed by atoms with Crippen molar-refractivity contribution in [3.63, 3.8) is 0 Å². The number of carboxylic acid groups (broad SMARTS) is 1. The Morgan fingerprint density at radius 2 is 1.95 bits per heavy atom. The number of carboxylic acids is 1. The number of likely N-dealkylation sites (tertiary alicyclic amines) is 1. The molecule has 3 N–H and O–H groups in total. The maximum Gasteiger partial charge on any atom is 0.328 e. The Kier molecular flexibility index (Phi) is 6.23. The van der Waals surface area contributed by atoms with Crippen LogP contribution in [-0.2, 0) is 14.3 Å². The van der Waals surface area contributed by atoms with Gasteiger partial charge in [-0.15, -0.1) is 0 Å². The number of aliphatic carboxylic acids is 1. The zero-order chi connectivity index (χ0) is 15.1. The molecule has 0 spiro atoms. The minimum absolute atomic E-state index is 0.0748. The summed E-state index contributed by atoms with van der Waals surface area (Å²) >= 11 is 0. The molecule has 1 fully saturated rings. The lowest BCUT2D eigenvalue weighted by atomic mass is 10.1. The van der Waals surface area contributed by atoms with E-state index in [9.17, 15) is 14.4 Å². The van der Waals surface area contributed by atoms with E-state index >= 15 is 0 Å². The van der Waals surface area contributed by atoms with Crippen LogP contribution in [0.15, 0.2) is 0 Å². The molecule has 8 heteroatoms. The summed E-state index contributed by atoms with van der Waals surface area (Å²) in [5.41, 5.74) is 0.